The zero-order chi connectivity index (χ0) is 9.68. The van der Waals surface area contributed by atoms with Crippen LogP contribution in [-0.2, 0) is 4.79 Å². The first-order valence-electron chi connectivity index (χ1n) is 3.84. The van der Waals surface area contributed by atoms with E-state index in [1.807, 2.05) is 24.3 Å². The van der Waals surface area contributed by atoms with Crippen LogP contribution in [0.1, 0.15) is 5.56 Å². The zero-order valence-electron chi connectivity index (χ0n) is 7.36. The number of nitrogens with two attached hydrogens (primary N) is 1. The van der Waals surface area contributed by atoms with Crippen LogP contribution >= 0.6 is 0 Å². The fraction of sp³-hybridized carbons (Fsp3) is 0.100. The van der Waals surface area contributed by atoms with Gasteiger partial charge in [-0.15, -0.1) is 0 Å². The van der Waals surface area contributed by atoms with Crippen molar-refractivity contribution in [3.05, 3.63) is 35.9 Å². The van der Waals surface area contributed by atoms with E-state index in [1.165, 1.54) is 6.08 Å². The number of carbonyl (C=O) groups excluding carboxylic acids is 1. The first-order valence-corrected chi connectivity index (χ1v) is 3.84. The van der Waals surface area contributed by atoms with Gasteiger partial charge in [0.25, 0.3) is 0 Å². The Kier molecular flexibility index (Phi) is 3.09. The third kappa shape index (κ3) is 2.99. The highest BCUT2D eigenvalue weighted by Crippen LogP contribution is 2.13. The summed E-state index contributed by atoms with van der Waals surface area (Å²) in [4.78, 5) is 10.4. The Hall–Kier alpha value is -1.77. The van der Waals surface area contributed by atoms with E-state index in [9.17, 15) is 4.79 Å². The molecule has 0 bridgehead atoms. The second kappa shape index (κ2) is 4.30. The summed E-state index contributed by atoms with van der Waals surface area (Å²) in [5.74, 6) is 0.300. The van der Waals surface area contributed by atoms with Gasteiger partial charge in [-0.2, -0.15) is 0 Å². The predicted molar refractivity (Wildman–Crippen MR) is 51.2 cm³/mol. The van der Waals surface area contributed by atoms with Crippen LogP contribution in [0.4, 0.5) is 0 Å². The topological polar surface area (TPSA) is 52.3 Å². The van der Waals surface area contributed by atoms with E-state index in [2.05, 4.69) is 0 Å². The highest BCUT2D eigenvalue weighted by molar-refractivity contribution is 5.90. The number of benzene rings is 1. The maximum absolute atomic E-state index is 10.4. The molecule has 0 atom stereocenters. The maximum Gasteiger partial charge on any atom is 0.241 e. The van der Waals surface area contributed by atoms with E-state index in [4.69, 9.17) is 10.5 Å². The lowest BCUT2D eigenvalue weighted by Gasteiger charge is -1.99. The second-order valence-electron chi connectivity index (χ2n) is 2.51. The smallest absolute Gasteiger partial charge is 0.241 e. The highest BCUT2D eigenvalue weighted by Gasteiger charge is 1.91. The molecule has 2 N–H and O–H groups in total. The Labute approximate surface area is 76.8 Å². The number of hydrogen-bond acceptors (Lipinski definition) is 2. The number of methoxy groups -OCH3 is 1. The molecule has 3 nitrogen and oxygen atoms in total. The molecule has 0 saturated carbocycles. The van der Waals surface area contributed by atoms with Gasteiger partial charge in [-0.1, -0.05) is 12.1 Å². The number of primary amides is 1. The summed E-state index contributed by atoms with van der Waals surface area (Å²) in [5.41, 5.74) is 5.84. The van der Waals surface area contributed by atoms with Crippen LogP contribution in [-0.4, -0.2) is 13.0 Å². The van der Waals surface area contributed by atoms with Gasteiger partial charge in [0.15, 0.2) is 0 Å². The van der Waals surface area contributed by atoms with E-state index < -0.39 is 5.91 Å². The molecule has 1 aromatic rings. The van der Waals surface area contributed by atoms with Crippen molar-refractivity contribution in [1.29, 1.82) is 0 Å². The van der Waals surface area contributed by atoms with Crippen LogP contribution in [0.5, 0.6) is 5.75 Å². The lowest BCUT2D eigenvalue weighted by molar-refractivity contribution is -0.113. The Morgan fingerprint density at radius 2 is 2.31 bits per heavy atom. The molecule has 0 aliphatic rings. The number of ether oxygens (including phenoxy) is 1. The molecule has 0 unspecified atom stereocenters. The number of amides is 1. The van der Waals surface area contributed by atoms with Gasteiger partial charge in [0.1, 0.15) is 5.75 Å². The van der Waals surface area contributed by atoms with Crippen molar-refractivity contribution in [2.45, 2.75) is 0 Å². The largest absolute Gasteiger partial charge is 0.497 e. The third-order valence-electron chi connectivity index (χ3n) is 1.53. The van der Waals surface area contributed by atoms with Crippen LogP contribution in [0, 0.1) is 0 Å². The van der Waals surface area contributed by atoms with Crippen molar-refractivity contribution >= 4 is 12.0 Å². The van der Waals surface area contributed by atoms with Gasteiger partial charge in [0.2, 0.25) is 5.91 Å². The molecule has 0 spiro atoms. The number of carbonyl (C=O) groups is 1. The Morgan fingerprint density at radius 3 is 2.92 bits per heavy atom. The van der Waals surface area contributed by atoms with Gasteiger partial charge in [-0.05, 0) is 23.8 Å². The monoisotopic (exact) mass is 177 g/mol. The normalized spacial score (nSPS) is 10.2. The molecule has 0 heterocycles. The van der Waals surface area contributed by atoms with Gasteiger partial charge < -0.3 is 10.5 Å². The molecule has 0 aromatic heterocycles. The van der Waals surface area contributed by atoms with Crippen molar-refractivity contribution in [3.8, 4) is 5.75 Å². The minimum Gasteiger partial charge on any atom is -0.497 e. The minimum absolute atomic E-state index is 0.456. The SMILES string of the molecule is COc1cccc(C=CC(N)=O)c1. The van der Waals surface area contributed by atoms with E-state index in [0.717, 1.165) is 11.3 Å². The molecular formula is C10H11NO2. The van der Waals surface area contributed by atoms with Gasteiger partial charge in [0, 0.05) is 6.08 Å². The van der Waals surface area contributed by atoms with Crippen molar-refractivity contribution in [2.24, 2.45) is 5.73 Å². The van der Waals surface area contributed by atoms with E-state index in [0.29, 0.717) is 0 Å². The van der Waals surface area contributed by atoms with Gasteiger partial charge in [-0.3, -0.25) is 4.79 Å². The van der Waals surface area contributed by atoms with Crippen molar-refractivity contribution in [2.75, 3.05) is 7.11 Å². The molecule has 0 aliphatic carbocycles. The summed E-state index contributed by atoms with van der Waals surface area (Å²) in [6.07, 6.45) is 2.96. The summed E-state index contributed by atoms with van der Waals surface area (Å²) in [6, 6.07) is 7.36. The van der Waals surface area contributed by atoms with Crippen LogP contribution in [0.15, 0.2) is 30.3 Å². The number of rotatable bonds is 3. The standard InChI is InChI=1S/C10H11NO2/c1-13-9-4-2-3-8(7-9)5-6-10(11)12/h2-7H,1H3,(H2,11,12). The summed E-state index contributed by atoms with van der Waals surface area (Å²) in [5, 5.41) is 0. The Bertz CT molecular complexity index is 331. The Morgan fingerprint density at radius 1 is 1.54 bits per heavy atom. The average Bonchev–Trinajstić information content (AvgIpc) is 2.15. The predicted octanol–water partition coefficient (Wildman–Crippen LogP) is 1.19. The molecule has 0 aliphatic heterocycles. The summed E-state index contributed by atoms with van der Waals surface area (Å²) in [7, 11) is 1.59. The summed E-state index contributed by atoms with van der Waals surface area (Å²) >= 11 is 0. The summed E-state index contributed by atoms with van der Waals surface area (Å²) in [6.45, 7) is 0. The van der Waals surface area contributed by atoms with Crippen LogP contribution in [0.2, 0.25) is 0 Å². The van der Waals surface area contributed by atoms with E-state index in [-0.39, 0.29) is 0 Å². The van der Waals surface area contributed by atoms with Crippen LogP contribution in [0.3, 0.4) is 0 Å². The molecule has 1 rings (SSSR count). The maximum atomic E-state index is 10.4. The quantitative estimate of drug-likeness (QED) is 0.705. The lowest BCUT2D eigenvalue weighted by atomic mass is 10.2. The molecule has 0 radical (unpaired) electrons. The minimum atomic E-state index is -0.456. The molecule has 3 heteroatoms. The fourth-order valence-electron chi connectivity index (χ4n) is 0.924. The molecule has 1 amide bonds. The van der Waals surface area contributed by atoms with Gasteiger partial charge >= 0.3 is 0 Å². The first-order chi connectivity index (χ1) is 6.22. The first kappa shape index (κ1) is 9.32. The number of hydrogen-bond donors (Lipinski definition) is 1. The second-order valence-corrected chi connectivity index (χ2v) is 2.51. The lowest BCUT2D eigenvalue weighted by Crippen LogP contribution is -2.05. The van der Waals surface area contributed by atoms with Crippen LogP contribution < -0.4 is 10.5 Å². The third-order valence-corrected chi connectivity index (χ3v) is 1.53. The van der Waals surface area contributed by atoms with E-state index >= 15 is 0 Å². The molecule has 0 saturated heterocycles. The van der Waals surface area contributed by atoms with Crippen molar-refractivity contribution in [3.63, 3.8) is 0 Å². The molecular weight excluding hydrogens is 166 g/mol. The molecule has 13 heavy (non-hydrogen) atoms. The van der Waals surface area contributed by atoms with Crippen molar-refractivity contribution in [1.82, 2.24) is 0 Å². The molecule has 0 fully saturated rings. The zero-order valence-corrected chi connectivity index (χ0v) is 7.36. The summed E-state index contributed by atoms with van der Waals surface area (Å²) < 4.78 is 5.01. The van der Waals surface area contributed by atoms with Crippen molar-refractivity contribution < 1.29 is 9.53 Å². The highest BCUT2D eigenvalue weighted by atomic mass is 16.5. The molecule has 68 valence electrons. The van der Waals surface area contributed by atoms with Gasteiger partial charge in [-0.25, -0.2) is 0 Å². The van der Waals surface area contributed by atoms with Gasteiger partial charge in [0.05, 0.1) is 7.11 Å². The van der Waals surface area contributed by atoms with E-state index in [1.54, 1.807) is 13.2 Å². The Balaban J connectivity index is 2.83. The fourth-order valence-corrected chi connectivity index (χ4v) is 0.924. The molecule has 1 aromatic carbocycles. The average molecular weight is 177 g/mol. The van der Waals surface area contributed by atoms with Crippen LogP contribution in [0.25, 0.3) is 6.08 Å².